The van der Waals surface area contributed by atoms with Crippen LogP contribution in [0.1, 0.15) is 18.5 Å². The van der Waals surface area contributed by atoms with E-state index in [1.54, 1.807) is 0 Å². The normalized spacial score (nSPS) is 27.2. The highest BCUT2D eigenvalue weighted by Crippen LogP contribution is 2.31. The third-order valence-electron chi connectivity index (χ3n) is 5.29. The van der Waals surface area contributed by atoms with Crippen LogP contribution >= 0.6 is 0 Å². The monoisotopic (exact) mass is 346 g/mol. The van der Waals surface area contributed by atoms with Crippen molar-refractivity contribution in [2.24, 2.45) is 0 Å². The summed E-state index contributed by atoms with van der Waals surface area (Å²) in [5.41, 5.74) is 0.931. The van der Waals surface area contributed by atoms with Crippen molar-refractivity contribution in [1.29, 1.82) is 0 Å². The molecular formula is C18H26N4O3. The van der Waals surface area contributed by atoms with Gasteiger partial charge in [0.15, 0.2) is 0 Å². The second-order valence-corrected chi connectivity index (χ2v) is 7.37. The van der Waals surface area contributed by atoms with Crippen molar-refractivity contribution in [3.8, 4) is 0 Å². The Morgan fingerprint density at radius 2 is 2.20 bits per heavy atom. The van der Waals surface area contributed by atoms with Gasteiger partial charge in [0.05, 0.1) is 18.9 Å². The van der Waals surface area contributed by atoms with E-state index in [1.165, 1.54) is 5.06 Å². The van der Waals surface area contributed by atoms with Gasteiger partial charge in [-0.05, 0) is 32.0 Å². The minimum absolute atomic E-state index is 0.0294. The first-order valence-electron chi connectivity index (χ1n) is 9.06. The zero-order valence-electron chi connectivity index (χ0n) is 14.8. The fraction of sp³-hybridized carbons (Fsp3) is 0.667. The molecule has 1 spiro atoms. The molecule has 7 nitrogen and oxygen atoms in total. The standard InChI is InChI=1S/C18H26N4O3/c1-20-12-18(13-21(14-18)10-15-6-2-3-7-19-15)24-11-16(20)17(23)22-8-4-5-9-25-22/h2-3,6-7,16H,4-5,8-14H2,1H3. The Kier molecular flexibility index (Phi) is 4.73. The number of carbonyl (C=O) groups excluding carboxylic acids is 1. The van der Waals surface area contributed by atoms with Gasteiger partial charge in [-0.3, -0.25) is 24.4 Å². The summed E-state index contributed by atoms with van der Waals surface area (Å²) >= 11 is 0. The fourth-order valence-electron chi connectivity index (χ4n) is 3.98. The predicted octanol–water partition coefficient (Wildman–Crippen LogP) is 0.521. The number of hydrogen-bond donors (Lipinski definition) is 0. The average Bonchev–Trinajstić information content (AvgIpc) is 2.62. The zero-order chi connectivity index (χ0) is 17.3. The first kappa shape index (κ1) is 16.9. The van der Waals surface area contributed by atoms with Crippen molar-refractivity contribution in [3.05, 3.63) is 30.1 Å². The van der Waals surface area contributed by atoms with E-state index < -0.39 is 0 Å². The number of rotatable bonds is 3. The van der Waals surface area contributed by atoms with Gasteiger partial charge in [-0.25, -0.2) is 5.06 Å². The van der Waals surface area contributed by atoms with E-state index in [9.17, 15) is 4.79 Å². The Morgan fingerprint density at radius 3 is 2.88 bits per heavy atom. The third-order valence-corrected chi connectivity index (χ3v) is 5.29. The molecule has 4 rings (SSSR count). The van der Waals surface area contributed by atoms with Crippen molar-refractivity contribution >= 4 is 5.91 Å². The van der Waals surface area contributed by atoms with Crippen LogP contribution in [0, 0.1) is 0 Å². The molecular weight excluding hydrogens is 320 g/mol. The van der Waals surface area contributed by atoms with E-state index in [0.717, 1.165) is 44.7 Å². The van der Waals surface area contributed by atoms with Crippen LogP contribution in [0.25, 0.3) is 0 Å². The molecule has 136 valence electrons. The predicted molar refractivity (Wildman–Crippen MR) is 91.5 cm³/mol. The summed E-state index contributed by atoms with van der Waals surface area (Å²) in [6.07, 6.45) is 3.86. The van der Waals surface area contributed by atoms with Gasteiger partial charge in [-0.15, -0.1) is 0 Å². The number of carbonyl (C=O) groups is 1. The maximum absolute atomic E-state index is 12.6. The zero-order valence-corrected chi connectivity index (χ0v) is 14.8. The summed E-state index contributed by atoms with van der Waals surface area (Å²) in [5, 5.41) is 1.53. The highest BCUT2D eigenvalue weighted by Gasteiger charge is 2.50. The smallest absolute Gasteiger partial charge is 0.265 e. The van der Waals surface area contributed by atoms with Crippen molar-refractivity contribution < 1.29 is 14.4 Å². The first-order chi connectivity index (χ1) is 12.2. The molecule has 0 radical (unpaired) electrons. The molecule has 0 bridgehead atoms. The molecule has 0 aliphatic carbocycles. The lowest BCUT2D eigenvalue weighted by atomic mass is 9.90. The number of amides is 1. The fourth-order valence-corrected chi connectivity index (χ4v) is 3.98. The van der Waals surface area contributed by atoms with Gasteiger partial charge < -0.3 is 4.74 Å². The van der Waals surface area contributed by atoms with Crippen LogP contribution in [0.4, 0.5) is 0 Å². The van der Waals surface area contributed by atoms with Crippen LogP contribution in [0.15, 0.2) is 24.4 Å². The number of hydroxylamine groups is 2. The molecule has 1 aromatic heterocycles. The highest BCUT2D eigenvalue weighted by molar-refractivity contribution is 5.81. The van der Waals surface area contributed by atoms with Crippen LogP contribution in [-0.2, 0) is 20.9 Å². The van der Waals surface area contributed by atoms with Gasteiger partial charge in [0.1, 0.15) is 11.6 Å². The molecule has 3 aliphatic heterocycles. The van der Waals surface area contributed by atoms with Gasteiger partial charge in [-0.1, -0.05) is 6.07 Å². The van der Waals surface area contributed by atoms with Crippen molar-refractivity contribution in [2.75, 3.05) is 46.4 Å². The Labute approximate surface area is 148 Å². The molecule has 1 aromatic rings. The van der Waals surface area contributed by atoms with E-state index in [1.807, 2.05) is 31.4 Å². The Hall–Kier alpha value is -1.54. The number of aromatic nitrogens is 1. The number of morpholine rings is 1. The van der Waals surface area contributed by atoms with Gasteiger partial charge in [0.2, 0.25) is 0 Å². The van der Waals surface area contributed by atoms with E-state index in [2.05, 4.69) is 14.8 Å². The number of likely N-dealkylation sites (N-methyl/N-ethyl adjacent to an activating group) is 1. The number of ether oxygens (including phenoxy) is 1. The Bertz CT molecular complexity index is 600. The third kappa shape index (κ3) is 3.55. The van der Waals surface area contributed by atoms with Gasteiger partial charge in [0, 0.05) is 38.9 Å². The molecule has 3 aliphatic rings. The summed E-state index contributed by atoms with van der Waals surface area (Å²) < 4.78 is 6.16. The van der Waals surface area contributed by atoms with Gasteiger partial charge >= 0.3 is 0 Å². The SMILES string of the molecule is CN1CC2(CN(Cc3ccccn3)C2)OCC1C(=O)N1CCCCO1. The minimum atomic E-state index is -0.242. The molecule has 1 unspecified atom stereocenters. The van der Waals surface area contributed by atoms with Crippen molar-refractivity contribution in [3.63, 3.8) is 0 Å². The minimum Gasteiger partial charge on any atom is -0.369 e. The topological polar surface area (TPSA) is 58.1 Å². The lowest BCUT2D eigenvalue weighted by molar-refractivity contribution is -0.224. The summed E-state index contributed by atoms with van der Waals surface area (Å²) in [7, 11) is 2.01. The molecule has 4 heterocycles. The molecule has 7 heteroatoms. The van der Waals surface area contributed by atoms with E-state index in [-0.39, 0.29) is 17.6 Å². The molecule has 3 saturated heterocycles. The second-order valence-electron chi connectivity index (χ2n) is 7.37. The molecule has 3 fully saturated rings. The molecule has 0 N–H and O–H groups in total. The van der Waals surface area contributed by atoms with Crippen LogP contribution in [-0.4, -0.2) is 83.8 Å². The van der Waals surface area contributed by atoms with Crippen LogP contribution < -0.4 is 0 Å². The lowest BCUT2D eigenvalue weighted by Gasteiger charge is -2.55. The molecule has 1 atom stereocenters. The molecule has 1 amide bonds. The molecule has 25 heavy (non-hydrogen) atoms. The lowest BCUT2D eigenvalue weighted by Crippen LogP contribution is -2.72. The average molecular weight is 346 g/mol. The largest absolute Gasteiger partial charge is 0.369 e. The highest BCUT2D eigenvalue weighted by atomic mass is 16.7. The number of hydrogen-bond acceptors (Lipinski definition) is 6. The summed E-state index contributed by atoms with van der Waals surface area (Å²) in [5.74, 6) is 0.0294. The summed E-state index contributed by atoms with van der Waals surface area (Å²) in [4.78, 5) is 27.0. The first-order valence-corrected chi connectivity index (χ1v) is 9.06. The van der Waals surface area contributed by atoms with Gasteiger partial charge in [-0.2, -0.15) is 0 Å². The maximum atomic E-state index is 12.6. The van der Waals surface area contributed by atoms with Crippen LogP contribution in [0.5, 0.6) is 0 Å². The van der Waals surface area contributed by atoms with Crippen LogP contribution in [0.2, 0.25) is 0 Å². The van der Waals surface area contributed by atoms with E-state index in [0.29, 0.717) is 19.8 Å². The van der Waals surface area contributed by atoms with Crippen LogP contribution in [0.3, 0.4) is 0 Å². The molecule has 0 saturated carbocycles. The molecule has 0 aromatic carbocycles. The number of nitrogens with zero attached hydrogens (tertiary/aromatic N) is 4. The maximum Gasteiger partial charge on any atom is 0.265 e. The quantitative estimate of drug-likeness (QED) is 0.795. The van der Waals surface area contributed by atoms with Crippen molar-refractivity contribution in [1.82, 2.24) is 19.8 Å². The second kappa shape index (κ2) is 6.99. The Morgan fingerprint density at radius 1 is 1.32 bits per heavy atom. The van der Waals surface area contributed by atoms with E-state index in [4.69, 9.17) is 9.57 Å². The number of pyridine rings is 1. The Balaban J connectivity index is 1.29. The summed E-state index contributed by atoms with van der Waals surface area (Å²) in [6, 6.07) is 5.76. The van der Waals surface area contributed by atoms with Gasteiger partial charge in [0.25, 0.3) is 5.91 Å². The summed E-state index contributed by atoms with van der Waals surface area (Å²) in [6.45, 7) is 5.15. The number of likely N-dealkylation sites (tertiary alicyclic amines) is 1. The van der Waals surface area contributed by atoms with E-state index >= 15 is 0 Å². The van der Waals surface area contributed by atoms with Crippen molar-refractivity contribution in [2.45, 2.75) is 31.0 Å².